The van der Waals surface area contributed by atoms with E-state index in [1.165, 1.54) is 21.5 Å². The zero-order valence-corrected chi connectivity index (χ0v) is 29.7. The van der Waals surface area contributed by atoms with Crippen molar-refractivity contribution in [3.63, 3.8) is 0 Å². The number of hydrogen-bond donors (Lipinski definition) is 0. The van der Waals surface area contributed by atoms with Crippen LogP contribution in [0.3, 0.4) is 0 Å². The molecular weight excluding hydrogens is 673 g/mol. The van der Waals surface area contributed by atoms with Gasteiger partial charge in [0.2, 0.25) is 0 Å². The molecule has 1 aliphatic rings. The molecule has 258 valence electrons. The fourth-order valence-electron chi connectivity index (χ4n) is 8.12. The highest BCUT2D eigenvalue weighted by Gasteiger charge is 2.27. The molecule has 1 aliphatic heterocycles. The lowest BCUT2D eigenvalue weighted by molar-refractivity contribution is 0.477. The number of anilines is 3. The second-order valence-corrected chi connectivity index (χ2v) is 13.8. The summed E-state index contributed by atoms with van der Waals surface area (Å²) in [4.78, 5) is 12.7. The summed E-state index contributed by atoms with van der Waals surface area (Å²) in [7, 11) is 0. The van der Waals surface area contributed by atoms with Crippen molar-refractivity contribution in [3.8, 4) is 51.1 Å². The lowest BCUT2D eigenvalue weighted by Crippen LogP contribution is -2.15. The topological polar surface area (TPSA) is 43.2 Å². The first-order valence-electron chi connectivity index (χ1n) is 18.5. The first-order valence-corrected chi connectivity index (χ1v) is 18.5. The van der Waals surface area contributed by atoms with Crippen LogP contribution < -0.4 is 9.64 Å². The smallest absolute Gasteiger partial charge is 0.162 e. The summed E-state index contributed by atoms with van der Waals surface area (Å²) in [5.74, 6) is 3.14. The van der Waals surface area contributed by atoms with Gasteiger partial charge in [0.05, 0.1) is 28.1 Å². The van der Waals surface area contributed by atoms with Crippen molar-refractivity contribution < 1.29 is 4.74 Å². The molecule has 0 saturated carbocycles. The number of para-hydroxylation sites is 3. The van der Waals surface area contributed by atoms with Gasteiger partial charge < -0.3 is 9.64 Å². The van der Waals surface area contributed by atoms with Crippen LogP contribution in [0, 0.1) is 0 Å². The molecule has 0 N–H and O–H groups in total. The van der Waals surface area contributed by atoms with Gasteiger partial charge in [-0.1, -0.05) is 140 Å². The first-order chi connectivity index (χ1) is 27.3. The van der Waals surface area contributed by atoms with Crippen molar-refractivity contribution in [1.29, 1.82) is 0 Å². The van der Waals surface area contributed by atoms with E-state index in [9.17, 15) is 0 Å². The average molecular weight is 705 g/mol. The van der Waals surface area contributed by atoms with Crippen molar-refractivity contribution >= 4 is 49.6 Å². The minimum Gasteiger partial charge on any atom is -0.453 e. The van der Waals surface area contributed by atoms with Crippen LogP contribution in [0.25, 0.3) is 72.2 Å². The van der Waals surface area contributed by atoms with E-state index in [4.69, 9.17) is 14.7 Å². The van der Waals surface area contributed by atoms with Crippen LogP contribution in [0.2, 0.25) is 0 Å². The number of ether oxygens (including phenoxy) is 1. The van der Waals surface area contributed by atoms with Gasteiger partial charge in [-0.3, -0.25) is 4.57 Å². The molecule has 0 atom stereocenters. The van der Waals surface area contributed by atoms with Crippen LogP contribution in [-0.4, -0.2) is 14.5 Å². The highest BCUT2D eigenvalue weighted by atomic mass is 16.5. The van der Waals surface area contributed by atoms with Gasteiger partial charge in [-0.05, 0) is 70.4 Å². The van der Waals surface area contributed by atoms with Crippen LogP contribution in [0.4, 0.5) is 17.1 Å². The van der Waals surface area contributed by atoms with Gasteiger partial charge in [0.1, 0.15) is 5.82 Å². The normalized spacial score (nSPS) is 12.1. The van der Waals surface area contributed by atoms with Gasteiger partial charge in [-0.25, -0.2) is 9.97 Å². The van der Waals surface area contributed by atoms with Gasteiger partial charge in [-0.2, -0.15) is 0 Å². The number of fused-ring (bicyclic) bond motifs is 7. The molecule has 0 saturated heterocycles. The first kappa shape index (κ1) is 31.1. The number of aromatic nitrogens is 3. The van der Waals surface area contributed by atoms with Crippen LogP contribution in [0.1, 0.15) is 0 Å². The molecule has 0 aliphatic carbocycles. The van der Waals surface area contributed by atoms with Crippen molar-refractivity contribution in [3.05, 3.63) is 194 Å². The predicted octanol–water partition coefficient (Wildman–Crippen LogP) is 13.3. The van der Waals surface area contributed by atoms with E-state index in [1.807, 2.05) is 36.4 Å². The van der Waals surface area contributed by atoms with Gasteiger partial charge in [0.15, 0.2) is 17.3 Å². The summed E-state index contributed by atoms with van der Waals surface area (Å²) in [5.41, 5.74) is 10.3. The monoisotopic (exact) mass is 704 g/mol. The molecule has 5 nitrogen and oxygen atoms in total. The molecule has 8 aromatic carbocycles. The van der Waals surface area contributed by atoms with Gasteiger partial charge in [0.25, 0.3) is 0 Å². The maximum absolute atomic E-state index is 6.53. The summed E-state index contributed by atoms with van der Waals surface area (Å²) in [6.07, 6.45) is 0. The van der Waals surface area contributed by atoms with E-state index in [0.29, 0.717) is 5.82 Å². The second-order valence-electron chi connectivity index (χ2n) is 13.8. The molecule has 0 amide bonds. The Bertz CT molecular complexity index is 3010. The Morgan fingerprint density at radius 3 is 1.96 bits per heavy atom. The number of benzene rings is 8. The van der Waals surface area contributed by atoms with Crippen LogP contribution in [0.5, 0.6) is 11.5 Å². The molecule has 3 heterocycles. The minimum absolute atomic E-state index is 0.680. The largest absolute Gasteiger partial charge is 0.453 e. The predicted molar refractivity (Wildman–Crippen MR) is 225 cm³/mol. The third kappa shape index (κ3) is 5.09. The molecule has 0 spiro atoms. The van der Waals surface area contributed by atoms with E-state index in [2.05, 4.69) is 167 Å². The summed E-state index contributed by atoms with van der Waals surface area (Å²) in [5, 5.41) is 4.73. The molecule has 11 rings (SSSR count). The van der Waals surface area contributed by atoms with Gasteiger partial charge in [0, 0.05) is 33.7 Å². The maximum atomic E-state index is 6.53. The molecule has 0 radical (unpaired) electrons. The number of hydrogen-bond acceptors (Lipinski definition) is 4. The van der Waals surface area contributed by atoms with Gasteiger partial charge in [-0.15, -0.1) is 0 Å². The average Bonchev–Trinajstić information content (AvgIpc) is 3.61. The molecule has 2 aromatic heterocycles. The number of rotatable bonds is 5. The standard InChI is InChI=1S/C50H32N4O/c1-4-16-34(17-5-1)40-32-47(52-50(51-40)35-18-6-2-7-19-35)54-42-25-14-23-39(49(42)48-38-22-11-10-15-33(38)27-29-43(48)54)36-28-30-46-44(31-36)53(37-20-8-3-9-21-37)41-24-12-13-26-45(41)55-46/h1-32H. The maximum Gasteiger partial charge on any atom is 0.162 e. The van der Waals surface area contributed by atoms with Crippen molar-refractivity contribution in [2.45, 2.75) is 0 Å². The van der Waals surface area contributed by atoms with Crippen LogP contribution in [-0.2, 0) is 0 Å². The van der Waals surface area contributed by atoms with Crippen LogP contribution in [0.15, 0.2) is 194 Å². The molecule has 5 heteroatoms. The lowest BCUT2D eigenvalue weighted by atomic mass is 9.96. The molecule has 0 fully saturated rings. The zero-order chi connectivity index (χ0) is 36.3. The molecular formula is C50H32N4O. The minimum atomic E-state index is 0.680. The third-order valence-electron chi connectivity index (χ3n) is 10.6. The molecule has 55 heavy (non-hydrogen) atoms. The van der Waals surface area contributed by atoms with Crippen molar-refractivity contribution in [2.75, 3.05) is 4.90 Å². The summed E-state index contributed by atoms with van der Waals surface area (Å²) >= 11 is 0. The Morgan fingerprint density at radius 2 is 1.13 bits per heavy atom. The Hall–Kier alpha value is -7.50. The molecule has 10 aromatic rings. The van der Waals surface area contributed by atoms with E-state index in [-0.39, 0.29) is 0 Å². The van der Waals surface area contributed by atoms with E-state index in [0.717, 1.165) is 73.4 Å². The van der Waals surface area contributed by atoms with Crippen molar-refractivity contribution in [2.24, 2.45) is 0 Å². The fraction of sp³-hybridized carbons (Fsp3) is 0. The summed E-state index contributed by atoms with van der Waals surface area (Å²) in [6, 6.07) is 67.8. The summed E-state index contributed by atoms with van der Waals surface area (Å²) < 4.78 is 8.85. The van der Waals surface area contributed by atoms with E-state index >= 15 is 0 Å². The number of nitrogens with zero attached hydrogens (tertiary/aromatic N) is 4. The third-order valence-corrected chi connectivity index (χ3v) is 10.6. The van der Waals surface area contributed by atoms with Crippen LogP contribution >= 0.6 is 0 Å². The van der Waals surface area contributed by atoms with Crippen molar-refractivity contribution in [1.82, 2.24) is 14.5 Å². The zero-order valence-electron chi connectivity index (χ0n) is 29.7. The Morgan fingerprint density at radius 1 is 0.436 bits per heavy atom. The Balaban J connectivity index is 1.19. The van der Waals surface area contributed by atoms with E-state index < -0.39 is 0 Å². The fourth-order valence-corrected chi connectivity index (χ4v) is 8.12. The SMILES string of the molecule is c1ccc(-c2cc(-n3c4cccc(-c5ccc6c(c5)N(c5ccccc5)c5ccccc5O6)c4c4c5ccccc5ccc43)nc(-c3ccccc3)n2)cc1. The lowest BCUT2D eigenvalue weighted by Gasteiger charge is -2.33. The summed E-state index contributed by atoms with van der Waals surface area (Å²) in [6.45, 7) is 0. The van der Waals surface area contributed by atoms with Gasteiger partial charge >= 0.3 is 0 Å². The van der Waals surface area contributed by atoms with E-state index in [1.54, 1.807) is 0 Å². The molecule has 0 bridgehead atoms. The Kier molecular flexibility index (Phi) is 7.10. The quantitative estimate of drug-likeness (QED) is 0.179. The second kappa shape index (κ2) is 12.6. The Labute approximate surface area is 318 Å². The molecule has 0 unspecified atom stereocenters. The highest BCUT2D eigenvalue weighted by molar-refractivity contribution is 6.25. The highest BCUT2D eigenvalue weighted by Crippen LogP contribution is 2.52.